The fourth-order valence-electron chi connectivity index (χ4n) is 3.24. The molecule has 0 heterocycles. The number of nitrogens with one attached hydrogen (secondary N) is 1. The van der Waals surface area contributed by atoms with Gasteiger partial charge in [0.05, 0.1) is 6.26 Å². The van der Waals surface area contributed by atoms with E-state index in [9.17, 15) is 13.2 Å². The Morgan fingerprint density at radius 2 is 1.88 bits per heavy atom. The molecule has 1 aromatic carbocycles. The summed E-state index contributed by atoms with van der Waals surface area (Å²) in [6.07, 6.45) is 6.50. The van der Waals surface area contributed by atoms with Gasteiger partial charge in [0.25, 0.3) is 0 Å². The molecule has 2 aliphatic carbocycles. The van der Waals surface area contributed by atoms with Crippen molar-refractivity contribution >= 4 is 27.3 Å². The van der Waals surface area contributed by atoms with Crippen LogP contribution < -0.4 is 10.2 Å². The summed E-state index contributed by atoms with van der Waals surface area (Å²) in [6.45, 7) is 0.903. The van der Waals surface area contributed by atoms with Crippen molar-refractivity contribution < 1.29 is 13.2 Å². The maximum Gasteiger partial charge on any atom is 0.227 e. The molecule has 1 N–H and O–H groups in total. The molecule has 0 radical (unpaired) electrons. The summed E-state index contributed by atoms with van der Waals surface area (Å²) >= 11 is 0. The van der Waals surface area contributed by atoms with Crippen molar-refractivity contribution in [1.29, 1.82) is 0 Å². The van der Waals surface area contributed by atoms with Crippen LogP contribution in [0, 0.1) is 11.8 Å². The van der Waals surface area contributed by atoms with E-state index in [1.807, 2.05) is 37.2 Å². The van der Waals surface area contributed by atoms with Gasteiger partial charge in [0.15, 0.2) is 0 Å². The largest absolute Gasteiger partial charge is 0.377 e. The van der Waals surface area contributed by atoms with Gasteiger partial charge in [-0.05, 0) is 55.4 Å². The molecule has 1 aromatic rings. The van der Waals surface area contributed by atoms with Crippen LogP contribution in [0.3, 0.4) is 0 Å². The SMILES string of the molecule is CN(C)c1ccc(NC(=O)C2CCC2)cc1CN(CC1CC1)S(C)(=O)=O. The Kier molecular flexibility index (Phi) is 5.58. The Morgan fingerprint density at radius 1 is 1.19 bits per heavy atom. The second-order valence-corrected chi connectivity index (χ2v) is 9.84. The third-order valence-electron chi connectivity index (χ3n) is 5.28. The van der Waals surface area contributed by atoms with Crippen molar-refractivity contribution in [1.82, 2.24) is 4.31 Å². The molecule has 26 heavy (non-hydrogen) atoms. The zero-order valence-corrected chi connectivity index (χ0v) is 16.7. The zero-order chi connectivity index (χ0) is 18.9. The maximum absolute atomic E-state index is 12.2. The minimum Gasteiger partial charge on any atom is -0.377 e. The summed E-state index contributed by atoms with van der Waals surface area (Å²) in [5.41, 5.74) is 2.62. The molecule has 7 heteroatoms. The summed E-state index contributed by atoms with van der Waals surface area (Å²) in [4.78, 5) is 14.2. The van der Waals surface area contributed by atoms with Crippen LogP contribution in [-0.2, 0) is 21.4 Å². The van der Waals surface area contributed by atoms with Crippen LogP contribution in [0.15, 0.2) is 18.2 Å². The number of anilines is 2. The number of hydrogen-bond donors (Lipinski definition) is 1. The number of rotatable bonds is 8. The van der Waals surface area contributed by atoms with Crippen LogP contribution in [0.4, 0.5) is 11.4 Å². The highest BCUT2D eigenvalue weighted by atomic mass is 32.2. The first-order valence-corrected chi connectivity index (χ1v) is 11.1. The lowest BCUT2D eigenvalue weighted by Gasteiger charge is -2.26. The monoisotopic (exact) mass is 379 g/mol. The maximum atomic E-state index is 12.2. The average molecular weight is 380 g/mol. The van der Waals surface area contributed by atoms with E-state index in [4.69, 9.17) is 0 Å². The van der Waals surface area contributed by atoms with Crippen LogP contribution in [0.1, 0.15) is 37.7 Å². The number of benzene rings is 1. The van der Waals surface area contributed by atoms with Crippen LogP contribution >= 0.6 is 0 Å². The Labute approximate surface area is 156 Å². The lowest BCUT2D eigenvalue weighted by atomic mass is 9.85. The van der Waals surface area contributed by atoms with Gasteiger partial charge in [-0.15, -0.1) is 0 Å². The van der Waals surface area contributed by atoms with Crippen molar-refractivity contribution in [3.63, 3.8) is 0 Å². The lowest BCUT2D eigenvalue weighted by Crippen LogP contribution is -2.32. The van der Waals surface area contributed by atoms with Gasteiger partial charge in [0, 0.05) is 44.5 Å². The summed E-state index contributed by atoms with van der Waals surface area (Å²) < 4.78 is 26.0. The molecule has 0 bridgehead atoms. The molecule has 0 atom stereocenters. The minimum atomic E-state index is -3.28. The number of carbonyl (C=O) groups excluding carboxylic acids is 1. The molecule has 6 nitrogen and oxygen atoms in total. The fourth-order valence-corrected chi connectivity index (χ4v) is 4.09. The number of amides is 1. The molecule has 1 amide bonds. The van der Waals surface area contributed by atoms with E-state index in [2.05, 4.69) is 5.32 Å². The normalized spacial score (nSPS) is 17.8. The van der Waals surface area contributed by atoms with Crippen molar-refractivity contribution in [2.24, 2.45) is 11.8 Å². The van der Waals surface area contributed by atoms with E-state index < -0.39 is 10.0 Å². The lowest BCUT2D eigenvalue weighted by molar-refractivity contribution is -0.122. The first-order chi connectivity index (χ1) is 12.2. The van der Waals surface area contributed by atoms with Crippen LogP contribution in [0.5, 0.6) is 0 Å². The Morgan fingerprint density at radius 3 is 2.38 bits per heavy atom. The van der Waals surface area contributed by atoms with Gasteiger partial charge in [-0.3, -0.25) is 4.79 Å². The van der Waals surface area contributed by atoms with Gasteiger partial charge < -0.3 is 10.2 Å². The minimum absolute atomic E-state index is 0.0674. The molecule has 144 valence electrons. The smallest absolute Gasteiger partial charge is 0.227 e. The van der Waals surface area contributed by atoms with Gasteiger partial charge in [0.1, 0.15) is 0 Å². The molecular formula is C19H29N3O3S. The second-order valence-electron chi connectivity index (χ2n) is 7.85. The summed E-state index contributed by atoms with van der Waals surface area (Å²) in [7, 11) is 0.606. The standard InChI is InChI=1S/C19H29N3O3S/c1-21(2)18-10-9-17(20-19(23)15-5-4-6-15)11-16(18)13-22(26(3,24)25)12-14-7-8-14/h9-11,14-15H,4-8,12-13H2,1-3H3,(H,20,23). The number of hydrogen-bond acceptors (Lipinski definition) is 4. The molecule has 0 saturated heterocycles. The van der Waals surface area contributed by atoms with Crippen LogP contribution in [0.25, 0.3) is 0 Å². The summed E-state index contributed by atoms with van der Waals surface area (Å²) in [5, 5.41) is 2.99. The van der Waals surface area contributed by atoms with Crippen molar-refractivity contribution in [2.45, 2.75) is 38.6 Å². The highest BCUT2D eigenvalue weighted by Crippen LogP contribution is 2.33. The molecule has 0 unspecified atom stereocenters. The third kappa shape index (κ3) is 4.76. The number of carbonyl (C=O) groups is 1. The summed E-state index contributed by atoms with van der Waals surface area (Å²) in [5.74, 6) is 0.668. The van der Waals surface area contributed by atoms with Gasteiger partial charge in [-0.25, -0.2) is 8.42 Å². The first-order valence-electron chi connectivity index (χ1n) is 9.30. The van der Waals surface area contributed by atoms with E-state index in [0.717, 1.165) is 49.0 Å². The Bertz CT molecular complexity index is 768. The second kappa shape index (κ2) is 7.56. The molecule has 0 aliphatic heterocycles. The fraction of sp³-hybridized carbons (Fsp3) is 0.632. The van der Waals surface area contributed by atoms with E-state index >= 15 is 0 Å². The first kappa shape index (κ1) is 19.2. The van der Waals surface area contributed by atoms with E-state index in [1.165, 1.54) is 6.26 Å². The molecular weight excluding hydrogens is 350 g/mol. The predicted molar refractivity (Wildman–Crippen MR) is 105 cm³/mol. The third-order valence-corrected chi connectivity index (χ3v) is 6.50. The number of nitrogens with zero attached hydrogens (tertiary/aromatic N) is 2. The van der Waals surface area contributed by atoms with Crippen molar-refractivity contribution in [3.8, 4) is 0 Å². The summed E-state index contributed by atoms with van der Waals surface area (Å²) in [6, 6.07) is 5.75. The zero-order valence-electron chi connectivity index (χ0n) is 15.9. The molecule has 2 fully saturated rings. The van der Waals surface area contributed by atoms with Crippen molar-refractivity contribution in [3.05, 3.63) is 23.8 Å². The quantitative estimate of drug-likeness (QED) is 0.754. The van der Waals surface area contributed by atoms with Crippen LogP contribution in [-0.4, -0.2) is 45.5 Å². The Hall–Kier alpha value is -1.60. The molecule has 0 aromatic heterocycles. The highest BCUT2D eigenvalue weighted by molar-refractivity contribution is 7.88. The van der Waals surface area contributed by atoms with E-state index in [1.54, 1.807) is 4.31 Å². The van der Waals surface area contributed by atoms with Gasteiger partial charge in [-0.2, -0.15) is 4.31 Å². The van der Waals surface area contributed by atoms with Crippen LogP contribution in [0.2, 0.25) is 0 Å². The highest BCUT2D eigenvalue weighted by Gasteiger charge is 2.29. The van der Waals surface area contributed by atoms with Gasteiger partial charge >= 0.3 is 0 Å². The molecule has 2 aliphatic rings. The van der Waals surface area contributed by atoms with E-state index in [0.29, 0.717) is 19.0 Å². The average Bonchev–Trinajstić information content (AvgIpc) is 3.27. The predicted octanol–water partition coefficient (Wildman–Crippen LogP) is 2.66. The van der Waals surface area contributed by atoms with Crippen molar-refractivity contribution in [2.75, 3.05) is 37.1 Å². The molecule has 0 spiro atoms. The molecule has 2 saturated carbocycles. The Balaban J connectivity index is 1.81. The topological polar surface area (TPSA) is 69.7 Å². The van der Waals surface area contributed by atoms with Gasteiger partial charge in [0.2, 0.25) is 15.9 Å². The van der Waals surface area contributed by atoms with E-state index in [-0.39, 0.29) is 11.8 Å². The molecule has 3 rings (SSSR count). The van der Waals surface area contributed by atoms with Gasteiger partial charge in [-0.1, -0.05) is 6.42 Å². The number of sulfonamides is 1.